The number of esters is 1. The second-order valence-corrected chi connectivity index (χ2v) is 6.74. The number of hydrogen-bond donors (Lipinski definition) is 0. The Kier molecular flexibility index (Phi) is 8.00. The molecular weight excluding hydrogens is 366 g/mol. The molecular formula is C20H23NO5S. The first-order valence-corrected chi connectivity index (χ1v) is 9.30. The van der Waals surface area contributed by atoms with Gasteiger partial charge in [0, 0.05) is 24.1 Å². The van der Waals surface area contributed by atoms with Gasteiger partial charge in [0.1, 0.15) is 11.5 Å². The van der Waals surface area contributed by atoms with Crippen LogP contribution in [-0.4, -0.2) is 50.4 Å². The predicted octanol–water partition coefficient (Wildman–Crippen LogP) is 3.00. The molecule has 2 aromatic carbocycles. The van der Waals surface area contributed by atoms with Crippen molar-refractivity contribution in [3.63, 3.8) is 0 Å². The number of nitrogens with zero attached hydrogens (tertiary/aromatic N) is 1. The molecule has 27 heavy (non-hydrogen) atoms. The molecule has 0 heterocycles. The summed E-state index contributed by atoms with van der Waals surface area (Å²) in [6, 6.07) is 14.9. The molecule has 0 N–H and O–H groups in total. The van der Waals surface area contributed by atoms with E-state index >= 15 is 0 Å². The maximum absolute atomic E-state index is 12.2. The third-order valence-corrected chi connectivity index (χ3v) is 4.78. The highest BCUT2D eigenvalue weighted by atomic mass is 32.2. The van der Waals surface area contributed by atoms with E-state index in [2.05, 4.69) is 0 Å². The molecule has 0 fully saturated rings. The summed E-state index contributed by atoms with van der Waals surface area (Å²) in [7, 11) is 4.85. The number of ether oxygens (including phenoxy) is 3. The first kappa shape index (κ1) is 20.6. The molecule has 2 rings (SSSR count). The molecule has 0 aromatic heterocycles. The summed E-state index contributed by atoms with van der Waals surface area (Å²) in [5, 5.41) is 0. The normalized spacial score (nSPS) is 10.2. The van der Waals surface area contributed by atoms with Crippen molar-refractivity contribution in [1.82, 2.24) is 4.90 Å². The Bertz CT molecular complexity index is 763. The Morgan fingerprint density at radius 3 is 2.37 bits per heavy atom. The summed E-state index contributed by atoms with van der Waals surface area (Å²) < 4.78 is 15.4. The minimum Gasteiger partial charge on any atom is -0.497 e. The maximum Gasteiger partial charge on any atom is 0.316 e. The molecule has 0 aliphatic heterocycles. The van der Waals surface area contributed by atoms with E-state index in [4.69, 9.17) is 14.2 Å². The van der Waals surface area contributed by atoms with Gasteiger partial charge in [-0.3, -0.25) is 9.59 Å². The van der Waals surface area contributed by atoms with Crippen LogP contribution in [0.5, 0.6) is 11.5 Å². The molecule has 0 aliphatic rings. The van der Waals surface area contributed by atoms with Crippen molar-refractivity contribution in [3.05, 3.63) is 54.1 Å². The van der Waals surface area contributed by atoms with Gasteiger partial charge in [-0.05, 0) is 30.3 Å². The summed E-state index contributed by atoms with van der Waals surface area (Å²) in [5.41, 5.74) is 0.886. The SMILES string of the molecule is COc1ccc(SCC(=O)OCC(=O)N(C)Cc2ccccc2OC)cc1. The Morgan fingerprint density at radius 2 is 1.70 bits per heavy atom. The van der Waals surface area contributed by atoms with Gasteiger partial charge in [-0.2, -0.15) is 0 Å². The van der Waals surface area contributed by atoms with Crippen LogP contribution >= 0.6 is 11.8 Å². The van der Waals surface area contributed by atoms with Crippen molar-refractivity contribution < 1.29 is 23.8 Å². The van der Waals surface area contributed by atoms with Crippen molar-refractivity contribution in [1.29, 1.82) is 0 Å². The monoisotopic (exact) mass is 389 g/mol. The summed E-state index contributed by atoms with van der Waals surface area (Å²) in [6.07, 6.45) is 0. The lowest BCUT2D eigenvalue weighted by atomic mass is 10.2. The number of carbonyl (C=O) groups excluding carboxylic acids is 2. The molecule has 144 valence electrons. The summed E-state index contributed by atoms with van der Waals surface area (Å²) in [4.78, 5) is 26.5. The van der Waals surface area contributed by atoms with Crippen LogP contribution < -0.4 is 9.47 Å². The number of rotatable bonds is 9. The van der Waals surface area contributed by atoms with Crippen LogP contribution in [0.15, 0.2) is 53.4 Å². The quantitative estimate of drug-likeness (QED) is 0.485. The molecule has 0 unspecified atom stereocenters. The van der Waals surface area contributed by atoms with E-state index in [1.807, 2.05) is 48.5 Å². The zero-order valence-electron chi connectivity index (χ0n) is 15.6. The van der Waals surface area contributed by atoms with Crippen LogP contribution in [-0.2, 0) is 20.9 Å². The first-order valence-electron chi connectivity index (χ1n) is 8.32. The maximum atomic E-state index is 12.2. The van der Waals surface area contributed by atoms with Crippen LogP contribution in [0.25, 0.3) is 0 Å². The van der Waals surface area contributed by atoms with Gasteiger partial charge in [0.25, 0.3) is 5.91 Å². The highest BCUT2D eigenvalue weighted by Crippen LogP contribution is 2.21. The fourth-order valence-corrected chi connectivity index (χ4v) is 2.98. The molecule has 1 amide bonds. The smallest absolute Gasteiger partial charge is 0.316 e. The summed E-state index contributed by atoms with van der Waals surface area (Å²) in [5.74, 6) is 0.893. The minimum absolute atomic E-state index is 0.135. The number of carbonyl (C=O) groups is 2. The second kappa shape index (κ2) is 10.5. The zero-order chi connectivity index (χ0) is 19.6. The third kappa shape index (κ3) is 6.53. The number of benzene rings is 2. The molecule has 0 aliphatic carbocycles. The standard InChI is InChI=1S/C20H23NO5S/c1-21(12-15-6-4-5-7-18(15)25-3)19(22)13-26-20(23)14-27-17-10-8-16(24-2)9-11-17/h4-11H,12-14H2,1-3H3. The predicted molar refractivity (Wildman–Crippen MR) is 104 cm³/mol. The number of likely N-dealkylation sites (N-methyl/N-ethyl adjacent to an activating group) is 1. The van der Waals surface area contributed by atoms with Crippen molar-refractivity contribution in [2.75, 3.05) is 33.6 Å². The number of amides is 1. The molecule has 2 aromatic rings. The highest BCUT2D eigenvalue weighted by molar-refractivity contribution is 8.00. The van der Waals surface area contributed by atoms with Gasteiger partial charge in [0.15, 0.2) is 6.61 Å². The van der Waals surface area contributed by atoms with Crippen LogP contribution in [0, 0.1) is 0 Å². The van der Waals surface area contributed by atoms with Gasteiger partial charge in [-0.1, -0.05) is 18.2 Å². The van der Waals surface area contributed by atoms with Gasteiger partial charge in [-0.25, -0.2) is 0 Å². The lowest BCUT2D eigenvalue weighted by molar-refractivity contribution is -0.149. The Balaban J connectivity index is 1.75. The Labute approximate surface area is 163 Å². The highest BCUT2D eigenvalue weighted by Gasteiger charge is 2.14. The van der Waals surface area contributed by atoms with Crippen LogP contribution in [0.1, 0.15) is 5.56 Å². The average molecular weight is 389 g/mol. The van der Waals surface area contributed by atoms with E-state index in [9.17, 15) is 9.59 Å². The lowest BCUT2D eigenvalue weighted by Gasteiger charge is -2.18. The number of methoxy groups -OCH3 is 2. The average Bonchev–Trinajstić information content (AvgIpc) is 2.71. The van der Waals surface area contributed by atoms with E-state index < -0.39 is 5.97 Å². The van der Waals surface area contributed by atoms with Gasteiger partial charge >= 0.3 is 5.97 Å². The number of para-hydroxylation sites is 1. The van der Waals surface area contributed by atoms with Crippen molar-refractivity contribution >= 4 is 23.6 Å². The lowest BCUT2D eigenvalue weighted by Crippen LogP contribution is -2.31. The minimum atomic E-state index is -0.435. The van der Waals surface area contributed by atoms with Crippen LogP contribution in [0.2, 0.25) is 0 Å². The van der Waals surface area contributed by atoms with Gasteiger partial charge in [0.05, 0.1) is 20.0 Å². The first-order chi connectivity index (χ1) is 13.0. The number of hydrogen-bond acceptors (Lipinski definition) is 6. The number of thioether (sulfide) groups is 1. The fraction of sp³-hybridized carbons (Fsp3) is 0.300. The summed E-state index contributed by atoms with van der Waals surface area (Å²) >= 11 is 1.34. The zero-order valence-corrected chi connectivity index (χ0v) is 16.5. The third-order valence-electron chi connectivity index (χ3n) is 3.80. The van der Waals surface area contributed by atoms with Gasteiger partial charge in [-0.15, -0.1) is 11.8 Å². The Morgan fingerprint density at radius 1 is 1.00 bits per heavy atom. The van der Waals surface area contributed by atoms with Crippen LogP contribution in [0.4, 0.5) is 0 Å². The molecule has 0 spiro atoms. The molecule has 0 bridgehead atoms. The van der Waals surface area contributed by atoms with Crippen molar-refractivity contribution in [2.45, 2.75) is 11.4 Å². The van der Waals surface area contributed by atoms with E-state index in [0.717, 1.165) is 16.2 Å². The van der Waals surface area contributed by atoms with E-state index in [1.54, 1.807) is 21.3 Å². The topological polar surface area (TPSA) is 65.1 Å². The molecule has 0 radical (unpaired) electrons. The summed E-state index contributed by atoms with van der Waals surface area (Å²) in [6.45, 7) is 0.0919. The second-order valence-electron chi connectivity index (χ2n) is 5.69. The van der Waals surface area contributed by atoms with E-state index in [-0.39, 0.29) is 18.3 Å². The van der Waals surface area contributed by atoms with Gasteiger partial charge < -0.3 is 19.1 Å². The molecule has 7 heteroatoms. The van der Waals surface area contributed by atoms with E-state index in [0.29, 0.717) is 12.3 Å². The van der Waals surface area contributed by atoms with E-state index in [1.165, 1.54) is 16.7 Å². The van der Waals surface area contributed by atoms with Gasteiger partial charge in [0.2, 0.25) is 0 Å². The van der Waals surface area contributed by atoms with Crippen LogP contribution in [0.3, 0.4) is 0 Å². The Hall–Kier alpha value is -2.67. The molecule has 6 nitrogen and oxygen atoms in total. The molecule has 0 saturated heterocycles. The fourth-order valence-electron chi connectivity index (χ4n) is 2.29. The van der Waals surface area contributed by atoms with Crippen molar-refractivity contribution in [2.24, 2.45) is 0 Å². The molecule has 0 atom stereocenters. The molecule has 0 saturated carbocycles. The largest absolute Gasteiger partial charge is 0.497 e. The van der Waals surface area contributed by atoms with Crippen molar-refractivity contribution in [3.8, 4) is 11.5 Å².